The Bertz CT molecular complexity index is 419. The van der Waals surface area contributed by atoms with Crippen molar-refractivity contribution in [2.75, 3.05) is 20.2 Å². The van der Waals surface area contributed by atoms with E-state index in [0.29, 0.717) is 31.8 Å². The minimum Gasteiger partial charge on any atom is -0.496 e. The van der Waals surface area contributed by atoms with Crippen molar-refractivity contribution in [3.05, 3.63) is 29.3 Å². The Morgan fingerprint density at radius 3 is 2.84 bits per heavy atom. The standard InChI is InChI=1S/C15H24N2O2/c1-11-4-6-14(19-3)13(8-11)5-7-15(18)17-10-12(2)9-16/h4,6,8,12H,5,7,9-10,16H2,1-3H3,(H,17,18). The molecule has 0 spiro atoms. The van der Waals surface area contributed by atoms with E-state index in [1.54, 1.807) is 7.11 Å². The van der Waals surface area contributed by atoms with Gasteiger partial charge in [-0.2, -0.15) is 0 Å². The van der Waals surface area contributed by atoms with E-state index in [1.807, 2.05) is 26.0 Å². The summed E-state index contributed by atoms with van der Waals surface area (Å²) in [5.74, 6) is 1.22. The molecule has 1 aromatic carbocycles. The van der Waals surface area contributed by atoms with Gasteiger partial charge in [-0.25, -0.2) is 0 Å². The number of hydrogen-bond acceptors (Lipinski definition) is 3. The Morgan fingerprint density at radius 1 is 1.47 bits per heavy atom. The van der Waals surface area contributed by atoms with Gasteiger partial charge in [0.15, 0.2) is 0 Å². The SMILES string of the molecule is COc1ccc(C)cc1CCC(=O)NCC(C)CN. The van der Waals surface area contributed by atoms with E-state index in [2.05, 4.69) is 11.4 Å². The van der Waals surface area contributed by atoms with Crippen LogP contribution in [0.15, 0.2) is 18.2 Å². The lowest BCUT2D eigenvalue weighted by molar-refractivity contribution is -0.121. The number of carbonyl (C=O) groups is 1. The number of rotatable bonds is 7. The smallest absolute Gasteiger partial charge is 0.220 e. The van der Waals surface area contributed by atoms with Gasteiger partial charge in [0.25, 0.3) is 0 Å². The van der Waals surface area contributed by atoms with Crippen LogP contribution in [0.4, 0.5) is 0 Å². The number of carbonyl (C=O) groups excluding carboxylic acids is 1. The van der Waals surface area contributed by atoms with Crippen molar-refractivity contribution in [3.8, 4) is 5.75 Å². The van der Waals surface area contributed by atoms with Crippen molar-refractivity contribution in [2.45, 2.75) is 26.7 Å². The van der Waals surface area contributed by atoms with E-state index in [0.717, 1.165) is 11.3 Å². The highest BCUT2D eigenvalue weighted by atomic mass is 16.5. The van der Waals surface area contributed by atoms with E-state index in [9.17, 15) is 4.79 Å². The third kappa shape index (κ3) is 5.30. The number of nitrogens with two attached hydrogens (primary N) is 1. The molecule has 0 radical (unpaired) electrons. The molecular formula is C15H24N2O2. The number of benzene rings is 1. The zero-order chi connectivity index (χ0) is 14.3. The van der Waals surface area contributed by atoms with Gasteiger partial charge in [0.05, 0.1) is 7.11 Å². The highest BCUT2D eigenvalue weighted by molar-refractivity contribution is 5.76. The summed E-state index contributed by atoms with van der Waals surface area (Å²) in [5, 5.41) is 2.90. The molecule has 0 aromatic heterocycles. The number of amides is 1. The van der Waals surface area contributed by atoms with Crippen LogP contribution in [0.3, 0.4) is 0 Å². The topological polar surface area (TPSA) is 64.3 Å². The predicted molar refractivity (Wildman–Crippen MR) is 77.3 cm³/mol. The zero-order valence-electron chi connectivity index (χ0n) is 12.0. The highest BCUT2D eigenvalue weighted by Crippen LogP contribution is 2.20. The molecule has 0 saturated carbocycles. The maximum atomic E-state index is 11.7. The number of nitrogens with one attached hydrogen (secondary N) is 1. The molecule has 1 aromatic rings. The maximum Gasteiger partial charge on any atom is 0.220 e. The van der Waals surface area contributed by atoms with Crippen molar-refractivity contribution in [1.82, 2.24) is 5.32 Å². The predicted octanol–water partition coefficient (Wildman–Crippen LogP) is 1.65. The summed E-state index contributed by atoms with van der Waals surface area (Å²) in [7, 11) is 1.65. The molecule has 4 heteroatoms. The Hall–Kier alpha value is -1.55. The van der Waals surface area contributed by atoms with Crippen LogP contribution in [0.5, 0.6) is 5.75 Å². The first-order valence-electron chi connectivity index (χ1n) is 6.67. The normalized spacial score (nSPS) is 12.0. The molecule has 19 heavy (non-hydrogen) atoms. The fraction of sp³-hybridized carbons (Fsp3) is 0.533. The monoisotopic (exact) mass is 264 g/mol. The molecule has 3 N–H and O–H groups in total. The van der Waals surface area contributed by atoms with E-state index in [1.165, 1.54) is 5.56 Å². The first-order chi connectivity index (χ1) is 9.06. The Balaban J connectivity index is 2.47. The Morgan fingerprint density at radius 2 is 2.21 bits per heavy atom. The van der Waals surface area contributed by atoms with Gasteiger partial charge in [0, 0.05) is 13.0 Å². The fourth-order valence-electron chi connectivity index (χ4n) is 1.81. The van der Waals surface area contributed by atoms with Crippen LogP contribution in [0.1, 0.15) is 24.5 Å². The molecule has 0 heterocycles. The summed E-state index contributed by atoms with van der Waals surface area (Å²) in [6, 6.07) is 6.01. The molecule has 0 aliphatic rings. The molecule has 1 rings (SSSR count). The summed E-state index contributed by atoms with van der Waals surface area (Å²) in [6.07, 6.45) is 1.16. The Kier molecular flexibility index (Phi) is 6.36. The van der Waals surface area contributed by atoms with Gasteiger partial charge in [-0.1, -0.05) is 24.6 Å². The largest absolute Gasteiger partial charge is 0.496 e. The highest BCUT2D eigenvalue weighted by Gasteiger charge is 2.08. The fourth-order valence-corrected chi connectivity index (χ4v) is 1.81. The van der Waals surface area contributed by atoms with Crippen LogP contribution in [0, 0.1) is 12.8 Å². The molecule has 1 unspecified atom stereocenters. The van der Waals surface area contributed by atoms with Crippen molar-refractivity contribution >= 4 is 5.91 Å². The Labute approximate surface area is 115 Å². The minimum atomic E-state index is 0.0591. The van der Waals surface area contributed by atoms with Gasteiger partial charge < -0.3 is 15.8 Å². The summed E-state index contributed by atoms with van der Waals surface area (Å²) in [4.78, 5) is 11.7. The molecule has 4 nitrogen and oxygen atoms in total. The summed E-state index contributed by atoms with van der Waals surface area (Å²) in [5.41, 5.74) is 7.76. The number of ether oxygens (including phenoxy) is 1. The van der Waals surface area contributed by atoms with Crippen LogP contribution in [0.2, 0.25) is 0 Å². The van der Waals surface area contributed by atoms with E-state index >= 15 is 0 Å². The first kappa shape index (κ1) is 15.5. The van der Waals surface area contributed by atoms with Gasteiger partial charge in [0.2, 0.25) is 5.91 Å². The van der Waals surface area contributed by atoms with Crippen molar-refractivity contribution in [2.24, 2.45) is 11.7 Å². The van der Waals surface area contributed by atoms with Gasteiger partial charge in [0.1, 0.15) is 5.75 Å². The molecule has 1 amide bonds. The lowest BCUT2D eigenvalue weighted by atomic mass is 10.1. The number of methoxy groups -OCH3 is 1. The van der Waals surface area contributed by atoms with Crippen LogP contribution in [-0.2, 0) is 11.2 Å². The van der Waals surface area contributed by atoms with Crippen LogP contribution in [0.25, 0.3) is 0 Å². The lowest BCUT2D eigenvalue weighted by Crippen LogP contribution is -2.31. The second-order valence-corrected chi connectivity index (χ2v) is 4.96. The van der Waals surface area contributed by atoms with Gasteiger partial charge in [-0.05, 0) is 37.4 Å². The van der Waals surface area contributed by atoms with Crippen LogP contribution in [-0.4, -0.2) is 26.1 Å². The maximum absolute atomic E-state index is 11.7. The van der Waals surface area contributed by atoms with Crippen LogP contribution < -0.4 is 15.8 Å². The van der Waals surface area contributed by atoms with Gasteiger partial charge in [-0.3, -0.25) is 4.79 Å². The number of hydrogen-bond donors (Lipinski definition) is 2. The molecule has 0 bridgehead atoms. The second kappa shape index (κ2) is 7.79. The summed E-state index contributed by atoms with van der Waals surface area (Å²) < 4.78 is 5.30. The van der Waals surface area contributed by atoms with E-state index < -0.39 is 0 Å². The third-order valence-electron chi connectivity index (χ3n) is 3.11. The second-order valence-electron chi connectivity index (χ2n) is 4.96. The molecule has 106 valence electrons. The minimum absolute atomic E-state index is 0.0591. The molecule has 0 fully saturated rings. The van der Waals surface area contributed by atoms with Gasteiger partial charge >= 0.3 is 0 Å². The molecule has 0 aliphatic heterocycles. The first-order valence-corrected chi connectivity index (χ1v) is 6.67. The zero-order valence-corrected chi connectivity index (χ0v) is 12.0. The van der Waals surface area contributed by atoms with Crippen LogP contribution >= 0.6 is 0 Å². The molecule has 0 aliphatic carbocycles. The van der Waals surface area contributed by atoms with E-state index in [4.69, 9.17) is 10.5 Å². The van der Waals surface area contributed by atoms with E-state index in [-0.39, 0.29) is 5.91 Å². The third-order valence-corrected chi connectivity index (χ3v) is 3.11. The summed E-state index contributed by atoms with van der Waals surface area (Å²) in [6.45, 7) is 5.28. The van der Waals surface area contributed by atoms with Crippen molar-refractivity contribution < 1.29 is 9.53 Å². The van der Waals surface area contributed by atoms with Crippen molar-refractivity contribution in [1.29, 1.82) is 0 Å². The quantitative estimate of drug-likeness (QED) is 0.787. The average Bonchev–Trinajstić information content (AvgIpc) is 2.42. The molecular weight excluding hydrogens is 240 g/mol. The molecule has 0 saturated heterocycles. The lowest BCUT2D eigenvalue weighted by Gasteiger charge is -2.11. The van der Waals surface area contributed by atoms with Gasteiger partial charge in [-0.15, -0.1) is 0 Å². The summed E-state index contributed by atoms with van der Waals surface area (Å²) >= 11 is 0. The molecule has 1 atom stereocenters. The average molecular weight is 264 g/mol. The number of aryl methyl sites for hydroxylation is 2. The van der Waals surface area contributed by atoms with Crippen molar-refractivity contribution in [3.63, 3.8) is 0 Å².